The van der Waals surface area contributed by atoms with E-state index in [1.54, 1.807) is 12.1 Å². The second kappa shape index (κ2) is 10.8. The maximum Gasteiger partial charge on any atom is 0.251 e. The van der Waals surface area contributed by atoms with Crippen molar-refractivity contribution in [1.82, 2.24) is 20.1 Å². The zero-order chi connectivity index (χ0) is 22.2. The van der Waals surface area contributed by atoms with Crippen LogP contribution in [-0.4, -0.2) is 32.3 Å². The summed E-state index contributed by atoms with van der Waals surface area (Å²) < 4.78 is 1.90. The van der Waals surface area contributed by atoms with Gasteiger partial charge in [0.25, 0.3) is 5.91 Å². The topological polar surface area (TPSA) is 88.9 Å². The molecule has 7 nitrogen and oxygen atoms in total. The van der Waals surface area contributed by atoms with Crippen molar-refractivity contribution in [3.63, 3.8) is 0 Å². The van der Waals surface area contributed by atoms with E-state index in [4.69, 9.17) is 0 Å². The predicted octanol–water partition coefficient (Wildman–Crippen LogP) is 4.08. The molecule has 0 unspecified atom stereocenters. The van der Waals surface area contributed by atoms with Gasteiger partial charge in [-0.05, 0) is 42.7 Å². The third-order valence-electron chi connectivity index (χ3n) is 4.75. The molecule has 0 aliphatic rings. The Kier molecular flexibility index (Phi) is 7.83. The van der Waals surface area contributed by atoms with Crippen LogP contribution in [0.1, 0.15) is 48.4 Å². The molecule has 31 heavy (non-hydrogen) atoms. The highest BCUT2D eigenvalue weighted by Gasteiger charge is 2.14. The second-order valence-corrected chi connectivity index (χ2v) is 8.25. The van der Waals surface area contributed by atoms with Crippen LogP contribution >= 0.6 is 11.8 Å². The largest absolute Gasteiger partial charge is 0.345 e. The summed E-state index contributed by atoms with van der Waals surface area (Å²) in [6.45, 7) is 7.16. The van der Waals surface area contributed by atoms with Crippen LogP contribution in [-0.2, 0) is 17.9 Å². The maximum atomic E-state index is 12.3. The Hall–Kier alpha value is -3.13. The first-order chi connectivity index (χ1) is 15.0. The van der Waals surface area contributed by atoms with E-state index >= 15 is 0 Å². The summed E-state index contributed by atoms with van der Waals surface area (Å²) in [5.41, 5.74) is 2.60. The molecule has 3 aromatic rings. The molecule has 8 heteroatoms. The molecule has 0 spiro atoms. The van der Waals surface area contributed by atoms with Gasteiger partial charge < -0.3 is 15.2 Å². The van der Waals surface area contributed by atoms with Crippen molar-refractivity contribution in [3.8, 4) is 0 Å². The molecule has 0 fully saturated rings. The van der Waals surface area contributed by atoms with Crippen molar-refractivity contribution >= 4 is 29.3 Å². The Labute approximate surface area is 186 Å². The number of hydrogen-bond donors (Lipinski definition) is 2. The number of carbonyl (C=O) groups is 2. The second-order valence-electron chi connectivity index (χ2n) is 7.31. The monoisotopic (exact) mass is 437 g/mol. The minimum Gasteiger partial charge on any atom is -0.345 e. The summed E-state index contributed by atoms with van der Waals surface area (Å²) in [6, 6.07) is 16.9. The molecule has 0 atom stereocenters. The Morgan fingerprint density at radius 2 is 1.74 bits per heavy atom. The number of rotatable bonds is 9. The lowest BCUT2D eigenvalue weighted by molar-refractivity contribution is -0.113. The zero-order valence-electron chi connectivity index (χ0n) is 18.0. The first-order valence-electron chi connectivity index (χ1n) is 10.3. The Bertz CT molecular complexity index is 1020. The smallest absolute Gasteiger partial charge is 0.251 e. The number of nitrogens with zero attached hydrogens (tertiary/aromatic N) is 3. The molecule has 0 saturated carbocycles. The Morgan fingerprint density at radius 3 is 2.39 bits per heavy atom. The highest BCUT2D eigenvalue weighted by molar-refractivity contribution is 7.99. The number of benzene rings is 2. The minimum atomic E-state index is -0.164. The number of nitrogens with one attached hydrogen (secondary N) is 2. The molecule has 1 aromatic heterocycles. The van der Waals surface area contributed by atoms with Gasteiger partial charge in [-0.15, -0.1) is 10.2 Å². The zero-order valence-corrected chi connectivity index (χ0v) is 18.8. The molecule has 2 N–H and O–H groups in total. The lowest BCUT2D eigenvalue weighted by Gasteiger charge is -2.09. The molecule has 2 aromatic carbocycles. The van der Waals surface area contributed by atoms with Crippen LogP contribution in [0.2, 0.25) is 0 Å². The lowest BCUT2D eigenvalue weighted by atomic mass is 10.0. The first-order valence-corrected chi connectivity index (χ1v) is 11.2. The van der Waals surface area contributed by atoms with Gasteiger partial charge in [0.1, 0.15) is 0 Å². The fourth-order valence-electron chi connectivity index (χ4n) is 3.00. The molecule has 1 heterocycles. The number of carbonyl (C=O) groups excluding carboxylic acids is 2. The third-order valence-corrected chi connectivity index (χ3v) is 5.71. The fraction of sp³-hybridized carbons (Fsp3) is 0.304. The van der Waals surface area contributed by atoms with Gasteiger partial charge in [0.2, 0.25) is 5.91 Å². The van der Waals surface area contributed by atoms with Crippen LogP contribution in [0.3, 0.4) is 0 Å². The van der Waals surface area contributed by atoms with Crippen molar-refractivity contribution in [1.29, 1.82) is 0 Å². The van der Waals surface area contributed by atoms with Crippen LogP contribution in [0.5, 0.6) is 0 Å². The van der Waals surface area contributed by atoms with E-state index in [-0.39, 0.29) is 24.1 Å². The van der Waals surface area contributed by atoms with Gasteiger partial charge in [-0.1, -0.05) is 55.9 Å². The number of amides is 2. The SMILES string of the molecule is CCn1c(CNC(=O)c2ccccc2)nnc1SCC(=O)Nc1ccc(C(C)C)cc1. The van der Waals surface area contributed by atoms with Crippen molar-refractivity contribution in [2.75, 3.05) is 11.1 Å². The van der Waals surface area contributed by atoms with Crippen LogP contribution < -0.4 is 10.6 Å². The summed E-state index contributed by atoms with van der Waals surface area (Å²) in [5, 5.41) is 14.8. The molecule has 0 aliphatic heterocycles. The average molecular weight is 438 g/mol. The Balaban J connectivity index is 1.54. The van der Waals surface area contributed by atoms with Gasteiger partial charge in [0.15, 0.2) is 11.0 Å². The molecular formula is C23H27N5O2S. The van der Waals surface area contributed by atoms with E-state index in [1.165, 1.54) is 17.3 Å². The molecular weight excluding hydrogens is 410 g/mol. The molecule has 0 bridgehead atoms. The fourth-order valence-corrected chi connectivity index (χ4v) is 3.82. The Morgan fingerprint density at radius 1 is 1.03 bits per heavy atom. The van der Waals surface area contributed by atoms with E-state index in [1.807, 2.05) is 54.0 Å². The normalized spacial score (nSPS) is 10.8. The van der Waals surface area contributed by atoms with E-state index in [0.717, 1.165) is 5.69 Å². The third kappa shape index (κ3) is 6.18. The maximum absolute atomic E-state index is 12.3. The minimum absolute atomic E-state index is 0.105. The van der Waals surface area contributed by atoms with Crippen molar-refractivity contribution in [3.05, 3.63) is 71.5 Å². The van der Waals surface area contributed by atoms with Crippen LogP contribution in [0.15, 0.2) is 59.8 Å². The molecule has 0 saturated heterocycles. The summed E-state index contributed by atoms with van der Waals surface area (Å²) >= 11 is 1.32. The van der Waals surface area contributed by atoms with E-state index in [0.29, 0.717) is 29.0 Å². The van der Waals surface area contributed by atoms with Gasteiger partial charge in [0, 0.05) is 17.8 Å². The number of aromatic nitrogens is 3. The summed E-state index contributed by atoms with van der Waals surface area (Å²) in [4.78, 5) is 24.6. The van der Waals surface area contributed by atoms with Crippen LogP contribution in [0, 0.1) is 0 Å². The standard InChI is InChI=1S/C23H27N5O2S/c1-4-28-20(14-24-22(30)18-8-6-5-7-9-18)26-27-23(28)31-15-21(29)25-19-12-10-17(11-13-19)16(2)3/h5-13,16H,4,14-15H2,1-3H3,(H,24,30)(H,25,29). The lowest BCUT2D eigenvalue weighted by Crippen LogP contribution is -2.24. The molecule has 2 amide bonds. The predicted molar refractivity (Wildman–Crippen MR) is 123 cm³/mol. The van der Waals surface area contributed by atoms with E-state index in [9.17, 15) is 9.59 Å². The van der Waals surface area contributed by atoms with Gasteiger partial charge in [-0.25, -0.2) is 0 Å². The van der Waals surface area contributed by atoms with Crippen LogP contribution in [0.4, 0.5) is 5.69 Å². The summed E-state index contributed by atoms with van der Waals surface area (Å²) in [5.74, 6) is 1.06. The van der Waals surface area contributed by atoms with Gasteiger partial charge >= 0.3 is 0 Å². The van der Waals surface area contributed by atoms with E-state index in [2.05, 4.69) is 34.7 Å². The van der Waals surface area contributed by atoms with Crippen molar-refractivity contribution in [2.45, 2.75) is 44.9 Å². The number of anilines is 1. The quantitative estimate of drug-likeness (QED) is 0.493. The highest BCUT2D eigenvalue weighted by atomic mass is 32.2. The summed E-state index contributed by atoms with van der Waals surface area (Å²) in [7, 11) is 0. The molecule has 3 rings (SSSR count). The van der Waals surface area contributed by atoms with Gasteiger partial charge in [-0.2, -0.15) is 0 Å². The number of hydrogen-bond acceptors (Lipinski definition) is 5. The molecule has 162 valence electrons. The molecule has 0 aliphatic carbocycles. The average Bonchev–Trinajstić information content (AvgIpc) is 3.18. The van der Waals surface area contributed by atoms with Crippen LogP contribution in [0.25, 0.3) is 0 Å². The molecule has 0 radical (unpaired) electrons. The first kappa shape index (κ1) is 22.6. The van der Waals surface area contributed by atoms with Gasteiger partial charge in [0.05, 0.1) is 12.3 Å². The van der Waals surface area contributed by atoms with Crippen molar-refractivity contribution < 1.29 is 9.59 Å². The van der Waals surface area contributed by atoms with Crippen molar-refractivity contribution in [2.24, 2.45) is 0 Å². The number of thioether (sulfide) groups is 1. The van der Waals surface area contributed by atoms with E-state index < -0.39 is 0 Å². The highest BCUT2D eigenvalue weighted by Crippen LogP contribution is 2.19. The summed E-state index contributed by atoms with van der Waals surface area (Å²) in [6.07, 6.45) is 0. The van der Waals surface area contributed by atoms with Gasteiger partial charge in [-0.3, -0.25) is 9.59 Å².